The van der Waals surface area contributed by atoms with Gasteiger partial charge in [-0.15, -0.1) is 11.3 Å². The van der Waals surface area contributed by atoms with Crippen LogP contribution in [0.2, 0.25) is 0 Å². The Kier molecular flexibility index (Phi) is 5.90. The van der Waals surface area contributed by atoms with E-state index in [1.54, 1.807) is 32.3 Å². The molecule has 3 rings (SSSR count). The van der Waals surface area contributed by atoms with E-state index in [1.165, 1.54) is 11.3 Å². The maximum Gasteiger partial charge on any atom is 0.262 e. The quantitative estimate of drug-likeness (QED) is 0.668. The molecular weight excluding hydrogens is 370 g/mol. The van der Waals surface area contributed by atoms with E-state index in [-0.39, 0.29) is 17.9 Å². The normalized spacial score (nSPS) is 12.2. The van der Waals surface area contributed by atoms with Crippen LogP contribution in [0, 0.1) is 6.92 Å². The number of nitrogens with zero attached hydrogens (tertiary/aromatic N) is 1. The first kappa shape index (κ1) is 19.8. The predicted molar refractivity (Wildman–Crippen MR) is 111 cm³/mol. The number of amides is 2. The summed E-state index contributed by atoms with van der Waals surface area (Å²) in [5, 5.41) is 7.74. The topological polar surface area (TPSA) is 71.1 Å². The average Bonchev–Trinajstić information content (AvgIpc) is 3.22. The molecule has 0 fully saturated rings. The fourth-order valence-corrected chi connectivity index (χ4v) is 3.41. The van der Waals surface area contributed by atoms with Gasteiger partial charge in [-0.3, -0.25) is 14.6 Å². The first-order valence-electron chi connectivity index (χ1n) is 9.00. The second-order valence-corrected chi connectivity index (χ2v) is 8.10. The third-order valence-corrected chi connectivity index (χ3v) is 5.33. The number of aromatic nitrogens is 1. The Hall–Kier alpha value is -2.99. The number of nitrogens with one attached hydrogen (secondary N) is 2. The van der Waals surface area contributed by atoms with Gasteiger partial charge in [-0.05, 0) is 55.5 Å². The van der Waals surface area contributed by atoms with E-state index in [9.17, 15) is 9.59 Å². The molecule has 144 valence electrons. The van der Waals surface area contributed by atoms with Crippen LogP contribution in [-0.4, -0.2) is 22.3 Å². The van der Waals surface area contributed by atoms with Gasteiger partial charge in [-0.2, -0.15) is 0 Å². The number of hydrogen-bond acceptors (Lipinski definition) is 4. The highest BCUT2D eigenvalue weighted by molar-refractivity contribution is 7.12. The summed E-state index contributed by atoms with van der Waals surface area (Å²) in [7, 11) is 0. The van der Waals surface area contributed by atoms with Crippen molar-refractivity contribution in [2.45, 2.75) is 32.4 Å². The molecular formula is C22H23N3O2S. The van der Waals surface area contributed by atoms with Crippen LogP contribution in [0.15, 0.2) is 66.3 Å². The molecule has 2 amide bonds. The van der Waals surface area contributed by atoms with Crippen molar-refractivity contribution in [2.24, 2.45) is 0 Å². The van der Waals surface area contributed by atoms with E-state index in [4.69, 9.17) is 0 Å². The Balaban J connectivity index is 1.82. The first-order chi connectivity index (χ1) is 13.4. The maximum atomic E-state index is 13.1. The van der Waals surface area contributed by atoms with Crippen LogP contribution in [-0.2, 0) is 4.79 Å². The zero-order valence-electron chi connectivity index (χ0n) is 16.1. The van der Waals surface area contributed by atoms with E-state index in [0.717, 1.165) is 16.7 Å². The lowest BCUT2D eigenvalue weighted by atomic mass is 9.96. The molecule has 28 heavy (non-hydrogen) atoms. The van der Waals surface area contributed by atoms with Crippen molar-refractivity contribution in [2.75, 3.05) is 0 Å². The Bertz CT molecular complexity index is 936. The highest BCUT2D eigenvalue weighted by Gasteiger charge is 2.32. The second-order valence-electron chi connectivity index (χ2n) is 7.15. The minimum atomic E-state index is -1.07. The van der Waals surface area contributed by atoms with E-state index in [2.05, 4.69) is 15.6 Å². The minimum absolute atomic E-state index is 0.258. The Morgan fingerprint density at radius 3 is 2.25 bits per heavy atom. The van der Waals surface area contributed by atoms with Crippen molar-refractivity contribution in [3.8, 4) is 0 Å². The number of pyridine rings is 1. The van der Waals surface area contributed by atoms with Crippen LogP contribution in [0.4, 0.5) is 0 Å². The van der Waals surface area contributed by atoms with Gasteiger partial charge >= 0.3 is 0 Å². The number of carbonyl (C=O) groups excluding carboxylic acids is 2. The van der Waals surface area contributed by atoms with Gasteiger partial charge < -0.3 is 10.6 Å². The Morgan fingerprint density at radius 1 is 1.00 bits per heavy atom. The molecule has 0 unspecified atom stereocenters. The summed E-state index contributed by atoms with van der Waals surface area (Å²) < 4.78 is 0. The minimum Gasteiger partial charge on any atom is -0.343 e. The van der Waals surface area contributed by atoms with E-state index in [1.807, 2.05) is 54.8 Å². The molecule has 2 aromatic heterocycles. The van der Waals surface area contributed by atoms with Crippen molar-refractivity contribution >= 4 is 23.2 Å². The molecule has 0 saturated carbocycles. The molecule has 5 nitrogen and oxygen atoms in total. The molecule has 0 aliphatic carbocycles. The Labute approximate surface area is 168 Å². The van der Waals surface area contributed by atoms with Crippen LogP contribution in [0.25, 0.3) is 0 Å². The number of benzene rings is 1. The zero-order chi connectivity index (χ0) is 20.1. The summed E-state index contributed by atoms with van der Waals surface area (Å²) in [5.74, 6) is -0.522. The second kappa shape index (κ2) is 8.35. The molecule has 0 aliphatic rings. The SMILES string of the molecule is Cc1ccc([C@@H](NC(=O)C(C)(C)NC(=O)c2cccs2)c2ccncc2)cc1. The molecule has 2 N–H and O–H groups in total. The fourth-order valence-electron chi connectivity index (χ4n) is 2.80. The molecule has 1 aromatic carbocycles. The molecule has 0 saturated heterocycles. The van der Waals surface area contributed by atoms with Gasteiger partial charge in [0.25, 0.3) is 5.91 Å². The number of thiophene rings is 1. The van der Waals surface area contributed by atoms with E-state index >= 15 is 0 Å². The average molecular weight is 394 g/mol. The molecule has 1 atom stereocenters. The number of rotatable bonds is 6. The number of hydrogen-bond donors (Lipinski definition) is 2. The summed E-state index contributed by atoms with van der Waals surface area (Å²) in [6.07, 6.45) is 3.40. The summed E-state index contributed by atoms with van der Waals surface area (Å²) in [4.78, 5) is 30.1. The van der Waals surface area contributed by atoms with Crippen molar-refractivity contribution in [1.29, 1.82) is 0 Å². The van der Waals surface area contributed by atoms with Crippen LogP contribution in [0.3, 0.4) is 0 Å². The van der Waals surface area contributed by atoms with E-state index < -0.39 is 5.54 Å². The van der Waals surface area contributed by atoms with Gasteiger partial charge in [0.1, 0.15) is 5.54 Å². The van der Waals surface area contributed by atoms with Crippen molar-refractivity contribution in [3.63, 3.8) is 0 Å². The zero-order valence-corrected chi connectivity index (χ0v) is 16.9. The van der Waals surface area contributed by atoms with Crippen LogP contribution < -0.4 is 10.6 Å². The van der Waals surface area contributed by atoms with Gasteiger partial charge in [0.2, 0.25) is 5.91 Å². The van der Waals surface area contributed by atoms with Gasteiger partial charge in [0.15, 0.2) is 0 Å². The first-order valence-corrected chi connectivity index (χ1v) is 9.88. The van der Waals surface area contributed by atoms with Gasteiger partial charge in [-0.25, -0.2) is 0 Å². The highest BCUT2D eigenvalue weighted by atomic mass is 32.1. The third kappa shape index (κ3) is 4.64. The van der Waals surface area contributed by atoms with Crippen LogP contribution in [0.5, 0.6) is 0 Å². The standard InChI is InChI=1S/C22H23N3O2S/c1-15-6-8-16(9-7-15)19(17-10-12-23-13-11-17)24-21(27)22(2,3)25-20(26)18-5-4-14-28-18/h4-14,19H,1-3H3,(H,24,27)(H,25,26)/t19-/m1/s1. The highest BCUT2D eigenvalue weighted by Crippen LogP contribution is 2.23. The largest absolute Gasteiger partial charge is 0.343 e. The maximum absolute atomic E-state index is 13.1. The van der Waals surface area contributed by atoms with Crippen LogP contribution in [0.1, 0.15) is 46.3 Å². The summed E-state index contributed by atoms with van der Waals surface area (Å²) in [6, 6.07) is 15.0. The smallest absolute Gasteiger partial charge is 0.262 e. The third-order valence-electron chi connectivity index (χ3n) is 4.46. The molecule has 0 radical (unpaired) electrons. The van der Waals surface area contributed by atoms with Gasteiger partial charge in [0.05, 0.1) is 10.9 Å². The van der Waals surface area contributed by atoms with Crippen molar-refractivity contribution < 1.29 is 9.59 Å². The molecule has 6 heteroatoms. The lowest BCUT2D eigenvalue weighted by Crippen LogP contribution is -2.55. The number of carbonyl (C=O) groups is 2. The molecule has 3 aromatic rings. The number of aryl methyl sites for hydroxylation is 1. The monoisotopic (exact) mass is 393 g/mol. The predicted octanol–water partition coefficient (Wildman–Crippen LogP) is 3.87. The van der Waals surface area contributed by atoms with Gasteiger partial charge in [-0.1, -0.05) is 35.9 Å². The lowest BCUT2D eigenvalue weighted by Gasteiger charge is -2.28. The van der Waals surface area contributed by atoms with E-state index in [0.29, 0.717) is 4.88 Å². The molecule has 0 spiro atoms. The molecule has 0 aliphatic heterocycles. The summed E-state index contributed by atoms with van der Waals surface area (Å²) in [5.41, 5.74) is 1.96. The summed E-state index contributed by atoms with van der Waals surface area (Å²) in [6.45, 7) is 5.42. The fraction of sp³-hybridized carbons (Fsp3) is 0.227. The molecule has 2 heterocycles. The van der Waals surface area contributed by atoms with Crippen molar-refractivity contribution in [1.82, 2.24) is 15.6 Å². The van der Waals surface area contributed by atoms with Gasteiger partial charge in [0, 0.05) is 12.4 Å². The molecule has 0 bridgehead atoms. The lowest BCUT2D eigenvalue weighted by molar-refractivity contribution is -0.126. The summed E-state index contributed by atoms with van der Waals surface area (Å²) >= 11 is 1.34. The van der Waals surface area contributed by atoms with Crippen molar-refractivity contribution in [3.05, 3.63) is 87.9 Å². The van der Waals surface area contributed by atoms with Crippen LogP contribution >= 0.6 is 11.3 Å². The Morgan fingerprint density at radius 2 is 1.64 bits per heavy atom.